The Morgan fingerprint density at radius 1 is 1.53 bits per heavy atom. The van der Waals surface area contributed by atoms with Crippen LogP contribution < -0.4 is 10.5 Å². The van der Waals surface area contributed by atoms with Crippen molar-refractivity contribution >= 4 is 17.0 Å². The van der Waals surface area contributed by atoms with Crippen molar-refractivity contribution in [2.45, 2.75) is 20.1 Å². The van der Waals surface area contributed by atoms with E-state index in [-0.39, 0.29) is 24.6 Å². The molecule has 0 saturated carbocycles. The lowest BCUT2D eigenvalue weighted by Gasteiger charge is -2.06. The Morgan fingerprint density at radius 2 is 2.32 bits per heavy atom. The fraction of sp³-hybridized carbons (Fsp3) is 0.250. The average Bonchev–Trinajstić information content (AvgIpc) is 2.82. The number of hydrogen-bond acceptors (Lipinski definition) is 6. The molecule has 0 unspecified atom stereocenters. The monoisotopic (exact) mass is 279 g/mol. The maximum absolute atomic E-state index is 11.0. The van der Waals surface area contributed by atoms with Gasteiger partial charge in [0.25, 0.3) is 0 Å². The van der Waals surface area contributed by atoms with E-state index in [1.165, 1.54) is 17.4 Å². The Morgan fingerprint density at radius 3 is 2.89 bits per heavy atom. The van der Waals surface area contributed by atoms with E-state index in [2.05, 4.69) is 4.98 Å². The Labute approximate surface area is 114 Å². The van der Waals surface area contributed by atoms with Gasteiger partial charge in [-0.05, 0) is 18.6 Å². The van der Waals surface area contributed by atoms with Gasteiger partial charge < -0.3 is 10.5 Å². The normalized spacial score (nSPS) is 10.4. The van der Waals surface area contributed by atoms with Crippen LogP contribution >= 0.6 is 11.3 Å². The summed E-state index contributed by atoms with van der Waals surface area (Å²) in [5.74, 6) is 0.232. The van der Waals surface area contributed by atoms with E-state index in [1.807, 2.05) is 12.3 Å². The highest BCUT2D eigenvalue weighted by Crippen LogP contribution is 2.28. The molecule has 100 valence electrons. The van der Waals surface area contributed by atoms with Crippen LogP contribution in [0, 0.1) is 17.0 Å². The molecule has 7 heteroatoms. The van der Waals surface area contributed by atoms with Gasteiger partial charge in [-0.15, -0.1) is 11.3 Å². The summed E-state index contributed by atoms with van der Waals surface area (Å²) >= 11 is 1.46. The second-order valence-corrected chi connectivity index (χ2v) is 4.88. The minimum atomic E-state index is -0.471. The quantitative estimate of drug-likeness (QED) is 0.670. The van der Waals surface area contributed by atoms with Gasteiger partial charge in [-0.3, -0.25) is 10.1 Å². The van der Waals surface area contributed by atoms with Crippen LogP contribution in [0.15, 0.2) is 23.6 Å². The minimum Gasteiger partial charge on any atom is -0.479 e. The van der Waals surface area contributed by atoms with Gasteiger partial charge in [0.15, 0.2) is 5.75 Å². The molecule has 0 bridgehead atoms. The molecule has 1 aromatic heterocycles. The highest BCUT2D eigenvalue weighted by molar-refractivity contribution is 7.09. The van der Waals surface area contributed by atoms with Gasteiger partial charge in [0.1, 0.15) is 11.6 Å². The van der Waals surface area contributed by atoms with E-state index in [9.17, 15) is 10.1 Å². The highest BCUT2D eigenvalue weighted by Gasteiger charge is 2.16. The van der Waals surface area contributed by atoms with Crippen molar-refractivity contribution in [3.8, 4) is 5.75 Å². The van der Waals surface area contributed by atoms with Gasteiger partial charge in [0.2, 0.25) is 0 Å². The predicted octanol–water partition coefficient (Wildman–Crippen LogP) is 2.40. The van der Waals surface area contributed by atoms with Gasteiger partial charge in [0, 0.05) is 23.7 Å². The van der Waals surface area contributed by atoms with E-state index in [0.29, 0.717) is 5.56 Å². The third-order valence-corrected chi connectivity index (χ3v) is 3.41. The number of nitrogens with zero attached hydrogens (tertiary/aromatic N) is 2. The number of nitro benzene ring substituents is 1. The van der Waals surface area contributed by atoms with Crippen LogP contribution in [0.4, 0.5) is 5.69 Å². The van der Waals surface area contributed by atoms with Gasteiger partial charge in [0.05, 0.1) is 4.92 Å². The molecule has 0 aliphatic rings. The number of nitrogens with two attached hydrogens (primary N) is 1. The maximum atomic E-state index is 11.0. The van der Waals surface area contributed by atoms with Crippen LogP contribution in [0.1, 0.15) is 16.3 Å². The third kappa shape index (κ3) is 3.27. The summed E-state index contributed by atoms with van der Waals surface area (Å²) in [7, 11) is 0. The Bertz CT molecular complexity index is 598. The van der Waals surface area contributed by atoms with Gasteiger partial charge in [-0.1, -0.05) is 6.07 Å². The molecule has 2 rings (SSSR count). The number of hydrogen-bond donors (Lipinski definition) is 1. The van der Waals surface area contributed by atoms with Crippen molar-refractivity contribution in [2.24, 2.45) is 5.73 Å². The van der Waals surface area contributed by atoms with Crippen molar-refractivity contribution < 1.29 is 9.66 Å². The average molecular weight is 279 g/mol. The van der Waals surface area contributed by atoms with Crippen molar-refractivity contribution in [3.63, 3.8) is 0 Å². The van der Waals surface area contributed by atoms with Crippen LogP contribution in [-0.2, 0) is 13.2 Å². The first-order chi connectivity index (χ1) is 9.10. The second kappa shape index (κ2) is 5.77. The Kier molecular flexibility index (Phi) is 4.08. The number of ether oxygens (including phenoxy) is 1. The summed E-state index contributed by atoms with van der Waals surface area (Å²) < 4.78 is 5.46. The molecule has 2 N–H and O–H groups in total. The molecule has 0 spiro atoms. The van der Waals surface area contributed by atoms with E-state index < -0.39 is 4.92 Å². The molecule has 0 aliphatic carbocycles. The number of benzene rings is 1. The smallest absolute Gasteiger partial charge is 0.311 e. The van der Waals surface area contributed by atoms with E-state index >= 15 is 0 Å². The topological polar surface area (TPSA) is 91.3 Å². The van der Waals surface area contributed by atoms with Gasteiger partial charge >= 0.3 is 5.69 Å². The first-order valence-electron chi connectivity index (χ1n) is 5.61. The molecule has 0 saturated heterocycles. The number of aryl methyl sites for hydroxylation is 1. The highest BCUT2D eigenvalue weighted by atomic mass is 32.1. The van der Waals surface area contributed by atoms with Gasteiger partial charge in [-0.2, -0.15) is 0 Å². The molecule has 6 nitrogen and oxygen atoms in total. The molecule has 0 radical (unpaired) electrons. The lowest BCUT2D eigenvalue weighted by Crippen LogP contribution is -2.02. The molecule has 0 atom stereocenters. The minimum absolute atomic E-state index is 0.0729. The summed E-state index contributed by atoms with van der Waals surface area (Å²) in [5.41, 5.74) is 7.00. The summed E-state index contributed by atoms with van der Waals surface area (Å²) in [6.45, 7) is 2.37. The second-order valence-electron chi connectivity index (χ2n) is 3.93. The third-order valence-electron chi connectivity index (χ3n) is 2.47. The number of nitro groups is 1. The van der Waals surface area contributed by atoms with E-state index in [1.54, 1.807) is 12.1 Å². The fourth-order valence-electron chi connectivity index (χ4n) is 1.56. The van der Waals surface area contributed by atoms with Crippen molar-refractivity contribution in [1.29, 1.82) is 0 Å². The first-order valence-corrected chi connectivity index (χ1v) is 6.49. The largest absolute Gasteiger partial charge is 0.479 e. The Balaban J connectivity index is 2.17. The van der Waals surface area contributed by atoms with Crippen LogP contribution in [-0.4, -0.2) is 9.91 Å². The molecule has 1 heterocycles. The molecule has 1 aromatic carbocycles. The number of rotatable bonds is 5. The van der Waals surface area contributed by atoms with Crippen LogP contribution in [0.2, 0.25) is 0 Å². The van der Waals surface area contributed by atoms with E-state index in [4.69, 9.17) is 10.5 Å². The number of thiazole rings is 1. The molecule has 0 amide bonds. The van der Waals surface area contributed by atoms with Crippen LogP contribution in [0.25, 0.3) is 0 Å². The summed E-state index contributed by atoms with van der Waals surface area (Å²) in [5, 5.41) is 13.7. The molecule has 2 aromatic rings. The van der Waals surface area contributed by atoms with Crippen LogP contribution in [0.5, 0.6) is 5.75 Å². The zero-order valence-corrected chi connectivity index (χ0v) is 11.1. The van der Waals surface area contributed by atoms with Crippen molar-refractivity contribution in [3.05, 3.63) is 50.0 Å². The zero-order valence-electron chi connectivity index (χ0n) is 10.3. The van der Waals surface area contributed by atoms with Crippen LogP contribution in [0.3, 0.4) is 0 Å². The zero-order chi connectivity index (χ0) is 13.8. The lowest BCUT2D eigenvalue weighted by molar-refractivity contribution is -0.386. The summed E-state index contributed by atoms with van der Waals surface area (Å²) in [6.07, 6.45) is 0. The Hall–Kier alpha value is -1.99. The SMILES string of the molecule is Cc1csc(COc2ccc(CN)cc2[N+](=O)[O-])n1. The van der Waals surface area contributed by atoms with Gasteiger partial charge in [-0.25, -0.2) is 4.98 Å². The standard InChI is InChI=1S/C12H13N3O3S/c1-8-7-19-12(14-8)6-18-11-3-2-9(5-13)4-10(11)15(16)17/h2-4,7H,5-6,13H2,1H3. The molecular formula is C12H13N3O3S. The lowest BCUT2D eigenvalue weighted by atomic mass is 10.2. The summed E-state index contributed by atoms with van der Waals surface area (Å²) in [4.78, 5) is 14.7. The van der Waals surface area contributed by atoms with Crippen molar-refractivity contribution in [1.82, 2.24) is 4.98 Å². The van der Waals surface area contributed by atoms with Crippen molar-refractivity contribution in [2.75, 3.05) is 0 Å². The number of aromatic nitrogens is 1. The molecule has 0 aliphatic heterocycles. The van der Waals surface area contributed by atoms with E-state index in [0.717, 1.165) is 10.7 Å². The molecule has 19 heavy (non-hydrogen) atoms. The maximum Gasteiger partial charge on any atom is 0.311 e. The summed E-state index contributed by atoms with van der Waals surface area (Å²) in [6, 6.07) is 4.72. The fourth-order valence-corrected chi connectivity index (χ4v) is 2.25. The first kappa shape index (κ1) is 13.4. The predicted molar refractivity (Wildman–Crippen MR) is 72.2 cm³/mol. The molecular weight excluding hydrogens is 266 g/mol. The molecule has 0 fully saturated rings.